The summed E-state index contributed by atoms with van der Waals surface area (Å²) in [5, 5.41) is 0.137. The van der Waals surface area contributed by atoms with Gasteiger partial charge in [-0.2, -0.15) is 4.31 Å². The van der Waals surface area contributed by atoms with Crippen molar-refractivity contribution in [3.63, 3.8) is 0 Å². The lowest BCUT2D eigenvalue weighted by molar-refractivity contribution is 0.0988. The highest BCUT2D eigenvalue weighted by Gasteiger charge is 2.31. The molecular formula is C21H25ClN2O3S. The van der Waals surface area contributed by atoms with E-state index in [4.69, 9.17) is 11.6 Å². The molecule has 1 unspecified atom stereocenters. The van der Waals surface area contributed by atoms with Gasteiger partial charge in [0.05, 0.1) is 5.02 Å². The molecule has 1 aliphatic heterocycles. The van der Waals surface area contributed by atoms with E-state index >= 15 is 0 Å². The zero-order valence-corrected chi connectivity index (χ0v) is 17.7. The molecule has 0 aromatic heterocycles. The topological polar surface area (TPSA) is 57.7 Å². The molecule has 1 heterocycles. The van der Waals surface area contributed by atoms with Crippen LogP contribution >= 0.6 is 11.6 Å². The summed E-state index contributed by atoms with van der Waals surface area (Å²) in [5.41, 5.74) is 1.07. The van der Waals surface area contributed by atoms with Crippen molar-refractivity contribution in [1.29, 1.82) is 0 Å². The van der Waals surface area contributed by atoms with E-state index in [9.17, 15) is 13.2 Å². The van der Waals surface area contributed by atoms with Gasteiger partial charge in [0, 0.05) is 30.9 Å². The molecule has 0 spiro atoms. The van der Waals surface area contributed by atoms with Crippen LogP contribution in [0.4, 0.5) is 5.69 Å². The predicted octanol–water partition coefficient (Wildman–Crippen LogP) is 4.43. The first-order valence-electron chi connectivity index (χ1n) is 9.51. The van der Waals surface area contributed by atoms with Crippen LogP contribution in [0.2, 0.25) is 5.02 Å². The number of hydrogen-bond acceptors (Lipinski definition) is 3. The number of anilines is 1. The maximum atomic E-state index is 13.2. The van der Waals surface area contributed by atoms with Gasteiger partial charge in [0.25, 0.3) is 5.91 Å². The molecule has 0 radical (unpaired) electrons. The highest BCUT2D eigenvalue weighted by molar-refractivity contribution is 7.89. The fraction of sp³-hybridized carbons (Fsp3) is 0.381. The minimum Gasteiger partial charge on any atom is -0.309 e. The Balaban J connectivity index is 1.96. The van der Waals surface area contributed by atoms with E-state index in [1.54, 1.807) is 11.0 Å². The van der Waals surface area contributed by atoms with Crippen molar-refractivity contribution in [2.45, 2.75) is 31.6 Å². The zero-order valence-electron chi connectivity index (χ0n) is 16.1. The minimum atomic E-state index is -3.75. The predicted molar refractivity (Wildman–Crippen MR) is 112 cm³/mol. The molecule has 0 saturated carbocycles. The quantitative estimate of drug-likeness (QED) is 0.719. The summed E-state index contributed by atoms with van der Waals surface area (Å²) in [5.74, 6) is 0.0506. The third-order valence-corrected chi connectivity index (χ3v) is 7.39. The normalized spacial score (nSPS) is 18.0. The van der Waals surface area contributed by atoms with Crippen molar-refractivity contribution in [3.05, 3.63) is 59.1 Å². The van der Waals surface area contributed by atoms with Crippen molar-refractivity contribution in [2.75, 3.05) is 24.5 Å². The van der Waals surface area contributed by atoms with Gasteiger partial charge in [-0.25, -0.2) is 8.42 Å². The van der Waals surface area contributed by atoms with Crippen LogP contribution in [0.1, 0.15) is 37.0 Å². The monoisotopic (exact) mass is 420 g/mol. The zero-order chi connectivity index (χ0) is 20.3. The average molecular weight is 421 g/mol. The van der Waals surface area contributed by atoms with Gasteiger partial charge in [-0.1, -0.05) is 36.7 Å². The Labute approximate surface area is 172 Å². The summed E-state index contributed by atoms with van der Waals surface area (Å²) in [6.45, 7) is 5.35. The van der Waals surface area contributed by atoms with Gasteiger partial charge < -0.3 is 4.90 Å². The van der Waals surface area contributed by atoms with E-state index in [1.165, 1.54) is 16.4 Å². The van der Waals surface area contributed by atoms with Gasteiger partial charge in [0.15, 0.2) is 0 Å². The lowest BCUT2D eigenvalue weighted by atomic mass is 10.0. The molecule has 0 bridgehead atoms. The second-order valence-corrected chi connectivity index (χ2v) is 9.45. The van der Waals surface area contributed by atoms with Gasteiger partial charge >= 0.3 is 0 Å². The Morgan fingerprint density at radius 1 is 1.21 bits per heavy atom. The van der Waals surface area contributed by atoms with Crippen LogP contribution in [0.25, 0.3) is 0 Å². The Bertz CT molecular complexity index is 947. The molecule has 3 rings (SSSR count). The molecule has 150 valence electrons. The van der Waals surface area contributed by atoms with Crippen molar-refractivity contribution in [1.82, 2.24) is 4.31 Å². The number of carbonyl (C=O) groups excluding carboxylic acids is 1. The third-order valence-electron chi connectivity index (χ3n) is 5.04. The van der Waals surface area contributed by atoms with Crippen LogP contribution in [0.15, 0.2) is 53.4 Å². The van der Waals surface area contributed by atoms with E-state index < -0.39 is 10.0 Å². The first-order valence-corrected chi connectivity index (χ1v) is 11.3. The number of carbonyl (C=O) groups is 1. The minimum absolute atomic E-state index is 0.00164. The average Bonchev–Trinajstić information content (AvgIpc) is 2.69. The van der Waals surface area contributed by atoms with E-state index in [0.29, 0.717) is 31.1 Å². The summed E-state index contributed by atoms with van der Waals surface area (Å²) < 4.78 is 27.8. The summed E-state index contributed by atoms with van der Waals surface area (Å²) >= 11 is 6.24. The third kappa shape index (κ3) is 4.24. The summed E-state index contributed by atoms with van der Waals surface area (Å²) in [6, 6.07) is 13.8. The summed E-state index contributed by atoms with van der Waals surface area (Å²) in [7, 11) is -3.75. The Hall–Kier alpha value is -1.89. The van der Waals surface area contributed by atoms with Gasteiger partial charge in [-0.3, -0.25) is 4.79 Å². The summed E-state index contributed by atoms with van der Waals surface area (Å²) in [6.07, 6.45) is 1.84. The molecule has 1 atom stereocenters. The molecule has 7 heteroatoms. The highest BCUT2D eigenvalue weighted by Crippen LogP contribution is 2.30. The van der Waals surface area contributed by atoms with Gasteiger partial charge in [0.1, 0.15) is 4.90 Å². The second-order valence-electron chi connectivity index (χ2n) is 7.14. The second kappa shape index (κ2) is 8.64. The van der Waals surface area contributed by atoms with E-state index in [-0.39, 0.29) is 15.8 Å². The van der Waals surface area contributed by atoms with Crippen LogP contribution < -0.4 is 4.90 Å². The molecule has 1 aliphatic rings. The lowest BCUT2D eigenvalue weighted by Crippen LogP contribution is -2.39. The first-order chi connectivity index (χ1) is 13.3. The SMILES string of the molecule is CCN(C(=O)c1ccc(Cl)c(S(=O)(=O)N2CCCC(C)C2)c1)c1ccccc1. The molecular weight excluding hydrogens is 396 g/mol. The van der Waals surface area contributed by atoms with E-state index in [2.05, 4.69) is 0 Å². The van der Waals surface area contributed by atoms with Crippen LogP contribution in [0.5, 0.6) is 0 Å². The van der Waals surface area contributed by atoms with E-state index in [0.717, 1.165) is 18.5 Å². The Kier molecular flexibility index (Phi) is 6.43. The summed E-state index contributed by atoms with van der Waals surface area (Å²) in [4.78, 5) is 14.7. The molecule has 2 aromatic carbocycles. The van der Waals surface area contributed by atoms with Crippen molar-refractivity contribution < 1.29 is 13.2 Å². The number of benzene rings is 2. The molecule has 5 nitrogen and oxygen atoms in total. The Morgan fingerprint density at radius 2 is 1.93 bits per heavy atom. The van der Waals surface area contributed by atoms with Gasteiger partial charge in [0.2, 0.25) is 10.0 Å². The Morgan fingerprint density at radius 3 is 2.57 bits per heavy atom. The fourth-order valence-corrected chi connectivity index (χ4v) is 5.64. The highest BCUT2D eigenvalue weighted by atomic mass is 35.5. The number of sulfonamides is 1. The van der Waals surface area contributed by atoms with Crippen LogP contribution in [-0.4, -0.2) is 38.3 Å². The molecule has 1 fully saturated rings. The number of halogens is 1. The number of amides is 1. The van der Waals surface area contributed by atoms with E-state index in [1.807, 2.05) is 44.2 Å². The molecule has 0 N–H and O–H groups in total. The largest absolute Gasteiger partial charge is 0.309 e. The molecule has 1 amide bonds. The molecule has 0 aliphatic carbocycles. The standard InChI is InChI=1S/C21H25ClN2O3S/c1-3-24(18-9-5-4-6-10-18)21(25)17-11-12-19(22)20(14-17)28(26,27)23-13-7-8-16(2)15-23/h4-6,9-12,14,16H,3,7-8,13,15H2,1-2H3. The smallest absolute Gasteiger partial charge is 0.258 e. The number of piperidine rings is 1. The number of hydrogen-bond donors (Lipinski definition) is 0. The molecule has 2 aromatic rings. The molecule has 28 heavy (non-hydrogen) atoms. The van der Waals surface area contributed by atoms with Crippen LogP contribution in [-0.2, 0) is 10.0 Å². The number of para-hydroxylation sites is 1. The van der Waals surface area contributed by atoms with Gasteiger partial charge in [-0.15, -0.1) is 0 Å². The number of rotatable bonds is 5. The fourth-order valence-electron chi connectivity index (χ4n) is 3.54. The first kappa shape index (κ1) is 20.8. The molecule has 1 saturated heterocycles. The van der Waals surface area contributed by atoms with Crippen molar-refractivity contribution in [3.8, 4) is 0 Å². The van der Waals surface area contributed by atoms with Crippen molar-refractivity contribution >= 4 is 33.2 Å². The maximum absolute atomic E-state index is 13.2. The maximum Gasteiger partial charge on any atom is 0.258 e. The van der Waals surface area contributed by atoms with Gasteiger partial charge in [-0.05, 0) is 56.0 Å². The lowest BCUT2D eigenvalue weighted by Gasteiger charge is -2.30. The van der Waals surface area contributed by atoms with Crippen LogP contribution in [0, 0.1) is 5.92 Å². The number of nitrogens with zero attached hydrogens (tertiary/aromatic N) is 2. The van der Waals surface area contributed by atoms with Crippen LogP contribution in [0.3, 0.4) is 0 Å². The van der Waals surface area contributed by atoms with Crippen molar-refractivity contribution in [2.24, 2.45) is 5.92 Å².